The summed E-state index contributed by atoms with van der Waals surface area (Å²) in [5.41, 5.74) is -1.31. The van der Waals surface area contributed by atoms with Crippen LogP contribution in [-0.2, 0) is 0 Å². The van der Waals surface area contributed by atoms with Crippen LogP contribution in [0.3, 0.4) is 0 Å². The third-order valence-corrected chi connectivity index (χ3v) is 5.80. The molecular weight excluding hydrogens is 498 g/mol. The average Bonchev–Trinajstić information content (AvgIpc) is 2.94. The number of benzene rings is 4. The monoisotopic (exact) mass is 519 g/mol. The van der Waals surface area contributed by atoms with Crippen LogP contribution in [0.4, 0.5) is 17.1 Å². The molecule has 0 aliphatic rings. The number of hydrogen-bond acceptors (Lipinski definition) is 6. The molecule has 9 nitrogen and oxygen atoms in total. The molecule has 0 unspecified atom stereocenters. The van der Waals surface area contributed by atoms with Crippen LogP contribution in [0.5, 0.6) is 0 Å². The van der Waals surface area contributed by atoms with Crippen LogP contribution in [-0.4, -0.2) is 14.8 Å². The summed E-state index contributed by atoms with van der Waals surface area (Å²) in [6, 6.07) is 26.2. The molecule has 0 heterocycles. The van der Waals surface area contributed by atoms with E-state index in [9.17, 15) is 30.3 Å². The second-order valence-electron chi connectivity index (χ2n) is 8.29. The quantitative estimate of drug-likeness (QED) is 0.125. The number of nitro groups is 3. The van der Waals surface area contributed by atoms with E-state index < -0.39 is 31.8 Å². The van der Waals surface area contributed by atoms with Crippen molar-refractivity contribution in [2.75, 3.05) is 0 Å². The predicted molar refractivity (Wildman–Crippen MR) is 153 cm³/mol. The van der Waals surface area contributed by atoms with Gasteiger partial charge in [0.1, 0.15) is 16.7 Å². The Hall–Kier alpha value is -5.70. The van der Waals surface area contributed by atoms with Crippen LogP contribution in [0.15, 0.2) is 91.0 Å². The molecular formula is C30H21N3O6. The molecule has 0 aliphatic carbocycles. The van der Waals surface area contributed by atoms with E-state index in [4.69, 9.17) is 0 Å². The highest BCUT2D eigenvalue weighted by Gasteiger charge is 2.39. The van der Waals surface area contributed by atoms with Crippen molar-refractivity contribution in [3.05, 3.63) is 155 Å². The summed E-state index contributed by atoms with van der Waals surface area (Å²) in [4.78, 5) is 34.7. The van der Waals surface area contributed by atoms with Gasteiger partial charge in [-0.15, -0.1) is 0 Å². The Morgan fingerprint density at radius 3 is 0.821 bits per heavy atom. The first-order valence-electron chi connectivity index (χ1n) is 11.7. The lowest BCUT2D eigenvalue weighted by Gasteiger charge is -2.09. The van der Waals surface area contributed by atoms with Crippen molar-refractivity contribution in [2.24, 2.45) is 0 Å². The van der Waals surface area contributed by atoms with Crippen LogP contribution in [0.2, 0.25) is 0 Å². The predicted octanol–water partition coefficient (Wildman–Crippen LogP) is 7.92. The minimum absolute atomic E-state index is 0.347. The zero-order valence-corrected chi connectivity index (χ0v) is 20.4. The van der Waals surface area contributed by atoms with E-state index in [-0.39, 0.29) is 16.7 Å². The van der Waals surface area contributed by atoms with E-state index in [2.05, 4.69) is 0 Å². The summed E-state index contributed by atoms with van der Waals surface area (Å²) in [5, 5.41) is 37.1. The highest BCUT2D eigenvalue weighted by atomic mass is 16.6. The maximum atomic E-state index is 12.4. The zero-order valence-electron chi connectivity index (χ0n) is 20.4. The Bertz CT molecular complexity index is 1400. The van der Waals surface area contributed by atoms with E-state index >= 15 is 0 Å². The summed E-state index contributed by atoms with van der Waals surface area (Å²) < 4.78 is 0. The fourth-order valence-corrected chi connectivity index (χ4v) is 4.07. The van der Waals surface area contributed by atoms with Gasteiger partial charge in [-0.2, -0.15) is 0 Å². The van der Waals surface area contributed by atoms with Gasteiger partial charge in [0.25, 0.3) is 17.1 Å². The molecule has 0 spiro atoms. The fraction of sp³-hybridized carbons (Fsp3) is 0. The summed E-state index contributed by atoms with van der Waals surface area (Å²) in [5.74, 6) is 0. The number of nitro benzene ring substituents is 3. The molecule has 4 rings (SSSR count). The molecule has 0 bridgehead atoms. The zero-order chi connectivity index (χ0) is 27.8. The van der Waals surface area contributed by atoms with Crippen molar-refractivity contribution in [1.29, 1.82) is 0 Å². The van der Waals surface area contributed by atoms with Gasteiger partial charge in [-0.05, 0) is 34.9 Å². The van der Waals surface area contributed by atoms with Crippen LogP contribution in [0, 0.1) is 30.3 Å². The van der Waals surface area contributed by atoms with E-state index in [1.54, 1.807) is 91.0 Å². The van der Waals surface area contributed by atoms with Crippen molar-refractivity contribution in [3.8, 4) is 0 Å². The van der Waals surface area contributed by atoms with Crippen LogP contribution < -0.4 is 0 Å². The number of rotatable bonds is 9. The largest absolute Gasteiger partial charge is 0.297 e. The first-order chi connectivity index (χ1) is 18.9. The molecule has 0 radical (unpaired) electrons. The first-order valence-corrected chi connectivity index (χ1v) is 11.7. The number of hydrogen-bond donors (Lipinski definition) is 0. The molecule has 0 atom stereocenters. The van der Waals surface area contributed by atoms with Gasteiger partial charge in [0, 0.05) is 0 Å². The van der Waals surface area contributed by atoms with Crippen molar-refractivity contribution >= 4 is 53.5 Å². The van der Waals surface area contributed by atoms with Gasteiger partial charge in [-0.1, -0.05) is 109 Å². The lowest BCUT2D eigenvalue weighted by Crippen LogP contribution is -2.07. The molecule has 39 heavy (non-hydrogen) atoms. The summed E-state index contributed by atoms with van der Waals surface area (Å²) >= 11 is 0. The Balaban J connectivity index is 2.09. The van der Waals surface area contributed by atoms with Crippen molar-refractivity contribution < 1.29 is 14.8 Å². The van der Waals surface area contributed by atoms with Crippen LogP contribution >= 0.6 is 0 Å². The minimum atomic E-state index is -0.819. The highest BCUT2D eigenvalue weighted by molar-refractivity contribution is 5.96. The average molecular weight is 520 g/mol. The molecule has 0 saturated carbocycles. The SMILES string of the molecule is O=[N+]([O-])c1c(C=Cc2ccccc2)c([N+](=O)[O-])c(C=Cc2ccccc2)c([N+](=O)[O-])c1C=Cc1ccccc1. The first kappa shape index (κ1) is 26.4. The van der Waals surface area contributed by atoms with Gasteiger partial charge in [-0.3, -0.25) is 30.3 Å². The molecule has 0 aliphatic heterocycles. The molecule has 192 valence electrons. The molecule has 0 amide bonds. The van der Waals surface area contributed by atoms with Gasteiger partial charge in [0.2, 0.25) is 0 Å². The van der Waals surface area contributed by atoms with Gasteiger partial charge in [0.15, 0.2) is 0 Å². The van der Waals surface area contributed by atoms with Crippen LogP contribution in [0.1, 0.15) is 33.4 Å². The van der Waals surface area contributed by atoms with Gasteiger partial charge in [-0.25, -0.2) is 0 Å². The molecule has 0 saturated heterocycles. The van der Waals surface area contributed by atoms with E-state index in [1.807, 2.05) is 0 Å². The molecule has 0 aromatic heterocycles. The third-order valence-electron chi connectivity index (χ3n) is 5.80. The maximum Gasteiger partial charge on any atom is 0.297 e. The second-order valence-corrected chi connectivity index (χ2v) is 8.29. The van der Waals surface area contributed by atoms with Gasteiger partial charge < -0.3 is 0 Å². The Morgan fingerprint density at radius 2 is 0.615 bits per heavy atom. The summed E-state index contributed by atoms with van der Waals surface area (Å²) in [6.07, 6.45) is 8.27. The maximum absolute atomic E-state index is 12.4. The molecule has 9 heteroatoms. The topological polar surface area (TPSA) is 129 Å². The summed E-state index contributed by atoms with van der Waals surface area (Å²) in [7, 11) is 0. The molecule has 4 aromatic carbocycles. The van der Waals surface area contributed by atoms with Gasteiger partial charge in [0.05, 0.1) is 14.8 Å². The number of nitrogens with zero attached hydrogens (tertiary/aromatic N) is 3. The summed E-state index contributed by atoms with van der Waals surface area (Å²) in [6.45, 7) is 0. The second kappa shape index (κ2) is 12.0. The lowest BCUT2D eigenvalue weighted by molar-refractivity contribution is -0.403. The Kier molecular flexibility index (Phi) is 8.13. The highest BCUT2D eigenvalue weighted by Crippen LogP contribution is 2.45. The van der Waals surface area contributed by atoms with Gasteiger partial charge >= 0.3 is 0 Å². The van der Waals surface area contributed by atoms with Crippen molar-refractivity contribution in [3.63, 3.8) is 0 Å². The smallest absolute Gasteiger partial charge is 0.258 e. The molecule has 0 N–H and O–H groups in total. The lowest BCUT2D eigenvalue weighted by atomic mass is 9.94. The van der Waals surface area contributed by atoms with E-state index in [0.717, 1.165) is 0 Å². The minimum Gasteiger partial charge on any atom is -0.258 e. The van der Waals surface area contributed by atoms with E-state index in [0.29, 0.717) is 16.7 Å². The Morgan fingerprint density at radius 1 is 0.385 bits per heavy atom. The van der Waals surface area contributed by atoms with Crippen molar-refractivity contribution in [2.45, 2.75) is 0 Å². The third kappa shape index (κ3) is 6.17. The standard InChI is InChI=1S/C30H21N3O6/c34-31(35)28-25(19-16-22-10-4-1-5-11-22)29(32(36)37)27(21-18-24-14-8-3-9-15-24)30(33(38)39)26(28)20-17-23-12-6-2-7-13-23/h1-21H. The van der Waals surface area contributed by atoms with Crippen LogP contribution in [0.25, 0.3) is 36.5 Å². The fourth-order valence-electron chi connectivity index (χ4n) is 4.07. The van der Waals surface area contributed by atoms with E-state index in [1.165, 1.54) is 36.5 Å². The Labute approximate surface area is 223 Å². The molecule has 0 fully saturated rings. The van der Waals surface area contributed by atoms with Crippen molar-refractivity contribution in [1.82, 2.24) is 0 Å². The normalized spacial score (nSPS) is 11.4. The molecule has 4 aromatic rings.